The summed E-state index contributed by atoms with van der Waals surface area (Å²) in [6.07, 6.45) is -5.22. The molecule has 0 fully saturated rings. The lowest BCUT2D eigenvalue weighted by molar-refractivity contribution is -0.146. The molecule has 4 N–H and O–H groups in total. The minimum absolute atomic E-state index is 0.0875. The van der Waals surface area contributed by atoms with Crippen molar-refractivity contribution in [1.82, 2.24) is 20.4 Å². The van der Waals surface area contributed by atoms with E-state index in [0.29, 0.717) is 4.90 Å². The highest BCUT2D eigenvalue weighted by Crippen LogP contribution is 2.17. The zero-order valence-corrected chi connectivity index (χ0v) is 50.0. The molecule has 0 saturated carbocycles. The third-order valence-electron chi connectivity index (χ3n) is 8.03. The van der Waals surface area contributed by atoms with Crippen molar-refractivity contribution in [1.29, 1.82) is 0 Å². The molecule has 2 aromatic rings. The molecule has 24 nitrogen and oxygen atoms in total. The number of esters is 2. The van der Waals surface area contributed by atoms with Crippen LogP contribution in [0.25, 0.3) is 0 Å². The lowest BCUT2D eigenvalue weighted by atomic mass is 10.2. The van der Waals surface area contributed by atoms with E-state index in [1.54, 1.807) is 125 Å². The van der Waals surface area contributed by atoms with Crippen LogP contribution in [-0.2, 0) is 70.3 Å². The van der Waals surface area contributed by atoms with Gasteiger partial charge in [-0.05, 0) is 136 Å². The molecule has 0 saturated heterocycles. The summed E-state index contributed by atoms with van der Waals surface area (Å²) in [6.45, 7) is 30.7. The molecule has 2 rings (SSSR count). The van der Waals surface area contributed by atoms with Crippen LogP contribution in [0.1, 0.15) is 161 Å². The normalized spacial score (nSPS) is 11.2. The minimum atomic E-state index is -1.12. The number of carbonyl (C=O) groups is 10. The molecule has 80 heavy (non-hydrogen) atoms. The summed E-state index contributed by atoms with van der Waals surface area (Å²) < 4.78 is 40.8. The van der Waals surface area contributed by atoms with Crippen LogP contribution in [0.4, 0.5) is 28.8 Å². The van der Waals surface area contributed by atoms with E-state index in [0.717, 1.165) is 16.0 Å². The van der Waals surface area contributed by atoms with Gasteiger partial charge < -0.3 is 58.7 Å². The van der Waals surface area contributed by atoms with E-state index >= 15 is 0 Å². The lowest BCUT2D eigenvalue weighted by Crippen LogP contribution is -2.44. The van der Waals surface area contributed by atoms with Crippen LogP contribution in [0.2, 0.25) is 0 Å². The molecule has 0 radical (unpaired) electrons. The van der Waals surface area contributed by atoms with Crippen molar-refractivity contribution in [3.05, 3.63) is 71.8 Å². The Balaban J connectivity index is 0. The number of carbonyl (C=O) groups excluding carboxylic acids is 8. The van der Waals surface area contributed by atoms with E-state index in [1.165, 1.54) is 0 Å². The molecular weight excluding hydrogens is 1050 g/mol. The first-order chi connectivity index (χ1) is 36.4. The Morgan fingerprint density at radius 2 is 0.637 bits per heavy atom. The predicted molar refractivity (Wildman–Crippen MR) is 293 cm³/mol. The Bertz CT molecular complexity index is 2210. The number of aliphatic carboxylic acids is 2. The van der Waals surface area contributed by atoms with Crippen molar-refractivity contribution in [2.24, 2.45) is 0 Å². The number of alkyl carbamates (subject to hydrolysis) is 2. The summed E-state index contributed by atoms with van der Waals surface area (Å²) in [7, 11) is 0. The van der Waals surface area contributed by atoms with Gasteiger partial charge >= 0.3 is 60.4 Å². The highest BCUT2D eigenvalue weighted by atomic mass is 16.6. The first-order valence-corrected chi connectivity index (χ1v) is 25.6. The number of nitrogens with one attached hydrogen (secondary N) is 2. The number of hydrogen-bond donors (Lipinski definition) is 4. The van der Waals surface area contributed by atoms with E-state index in [4.69, 9.17) is 48.1 Å². The average molecular weight is 1140 g/mol. The molecule has 0 aliphatic rings. The third-order valence-corrected chi connectivity index (χ3v) is 8.03. The molecule has 452 valence electrons. The smallest absolute Gasteiger partial charge is 0.419 e. The van der Waals surface area contributed by atoms with Gasteiger partial charge in [0.15, 0.2) is 0 Å². The number of hydrogen-bond acceptors (Lipinski definition) is 18. The maximum atomic E-state index is 12.3. The summed E-state index contributed by atoms with van der Waals surface area (Å²) in [5.74, 6) is -2.96. The molecular formula is C56H88N4O20. The number of rotatable bonds is 16. The highest BCUT2D eigenvalue weighted by Gasteiger charge is 2.33. The Morgan fingerprint density at radius 1 is 0.375 bits per heavy atom. The second kappa shape index (κ2) is 35.1. The summed E-state index contributed by atoms with van der Waals surface area (Å²) >= 11 is 0. The second-order valence-electron chi connectivity index (χ2n) is 23.2. The lowest BCUT2D eigenvalue weighted by Gasteiger charge is -2.28. The quantitative estimate of drug-likeness (QED) is 0.0896. The van der Waals surface area contributed by atoms with Crippen LogP contribution in [0.3, 0.4) is 0 Å². The van der Waals surface area contributed by atoms with Crippen LogP contribution in [0.15, 0.2) is 60.7 Å². The van der Waals surface area contributed by atoms with Crippen molar-refractivity contribution in [2.45, 2.75) is 197 Å². The van der Waals surface area contributed by atoms with Gasteiger partial charge in [0.25, 0.3) is 0 Å². The fraction of sp³-hybridized carbons (Fsp3) is 0.607. The molecule has 0 aliphatic carbocycles. The van der Waals surface area contributed by atoms with E-state index in [9.17, 15) is 47.9 Å². The van der Waals surface area contributed by atoms with Crippen LogP contribution in [0, 0.1) is 0 Å². The van der Waals surface area contributed by atoms with Crippen molar-refractivity contribution < 1.29 is 96.1 Å². The fourth-order valence-corrected chi connectivity index (χ4v) is 4.98. The number of imide groups is 2. The van der Waals surface area contributed by atoms with Crippen LogP contribution < -0.4 is 10.6 Å². The van der Waals surface area contributed by atoms with Gasteiger partial charge in [-0.15, -0.1) is 0 Å². The zero-order valence-electron chi connectivity index (χ0n) is 50.0. The molecule has 0 unspecified atom stereocenters. The van der Waals surface area contributed by atoms with Gasteiger partial charge in [0, 0.05) is 26.2 Å². The number of ether oxygens (including phenoxy) is 8. The predicted octanol–water partition coefficient (Wildman–Crippen LogP) is 10.6. The van der Waals surface area contributed by atoms with Gasteiger partial charge in [0.1, 0.15) is 46.8 Å². The van der Waals surface area contributed by atoms with Crippen molar-refractivity contribution >= 4 is 60.4 Å². The third kappa shape index (κ3) is 45.4. The van der Waals surface area contributed by atoms with Gasteiger partial charge in [0.2, 0.25) is 0 Å². The van der Waals surface area contributed by atoms with Crippen molar-refractivity contribution in [3.63, 3.8) is 0 Å². The summed E-state index contributed by atoms with van der Waals surface area (Å²) in [4.78, 5) is 116. The molecule has 0 aliphatic heterocycles. The summed E-state index contributed by atoms with van der Waals surface area (Å²) in [5.41, 5.74) is -2.47. The topological polar surface area (TPSA) is 316 Å². The average Bonchev–Trinajstić information content (AvgIpc) is 3.25. The Labute approximate surface area is 470 Å². The van der Waals surface area contributed by atoms with Crippen LogP contribution in [-0.4, -0.2) is 140 Å². The van der Waals surface area contributed by atoms with Crippen molar-refractivity contribution in [2.75, 3.05) is 26.2 Å². The molecule has 0 heterocycles. The molecule has 0 spiro atoms. The second-order valence-corrected chi connectivity index (χ2v) is 23.2. The van der Waals surface area contributed by atoms with Crippen LogP contribution in [0.5, 0.6) is 0 Å². The fourth-order valence-electron chi connectivity index (χ4n) is 4.98. The van der Waals surface area contributed by atoms with Gasteiger partial charge in [-0.1, -0.05) is 60.7 Å². The number of amides is 6. The molecule has 0 atom stereocenters. The van der Waals surface area contributed by atoms with Gasteiger partial charge in [-0.25, -0.2) is 38.6 Å². The number of benzene rings is 2. The Hall–Kier alpha value is -7.66. The number of carboxylic acid groups (broad SMARTS) is 2. The van der Waals surface area contributed by atoms with Gasteiger partial charge in [-0.3, -0.25) is 19.2 Å². The first kappa shape index (κ1) is 74.4. The van der Waals surface area contributed by atoms with Crippen molar-refractivity contribution in [3.8, 4) is 0 Å². The molecule has 6 amide bonds. The van der Waals surface area contributed by atoms with Gasteiger partial charge in [0.05, 0.1) is 25.7 Å². The van der Waals surface area contributed by atoms with E-state index in [-0.39, 0.29) is 71.0 Å². The highest BCUT2D eigenvalue weighted by molar-refractivity contribution is 5.89. The van der Waals surface area contributed by atoms with E-state index in [1.807, 2.05) is 60.7 Å². The molecule has 0 aromatic heterocycles. The maximum Gasteiger partial charge on any atom is 0.419 e. The Kier molecular flexibility index (Phi) is 32.6. The van der Waals surface area contributed by atoms with E-state index in [2.05, 4.69) is 10.6 Å². The van der Waals surface area contributed by atoms with Crippen LogP contribution >= 0.6 is 0 Å². The molecule has 24 heteroatoms. The molecule has 2 aromatic carbocycles. The maximum absolute atomic E-state index is 12.3. The monoisotopic (exact) mass is 1140 g/mol. The number of carboxylic acids is 2. The zero-order chi connectivity index (χ0) is 62.3. The minimum Gasteiger partial charge on any atom is -0.481 e. The van der Waals surface area contributed by atoms with E-state index < -0.39 is 88.1 Å². The summed E-state index contributed by atoms with van der Waals surface area (Å²) in [5, 5.41) is 21.8. The van der Waals surface area contributed by atoms with Gasteiger partial charge in [-0.2, -0.15) is 0 Å². The molecule has 0 bridgehead atoms. The first-order valence-electron chi connectivity index (χ1n) is 25.6. The largest absolute Gasteiger partial charge is 0.481 e. The SMILES string of the molecule is CC(C)(C)OC(=O)N(CCC(=O)O)C(=O)OC(C)(C)C.CC(C)(C)OC(=O)N(CCC(=O)OCc1ccccc1)C(=O)OC(C)(C)C.CC(C)(C)OC(=O)NCCC(=O)O.CC(C)(C)OC(=O)NCCC(=O)OCc1ccccc1. The Morgan fingerprint density at radius 3 is 0.912 bits per heavy atom. The summed E-state index contributed by atoms with van der Waals surface area (Å²) in [6, 6.07) is 18.6. The number of nitrogens with zero attached hydrogens (tertiary/aromatic N) is 2. The standard InChI is InChI=1S/C20H29NO6.C15H21NO4.C13H23NO6.C8H15NO4/c1-19(2,3)26-17(23)21(18(24)27-20(4,5)6)13-12-16(22)25-14-15-10-8-7-9-11-15;1-15(2,3)20-14(18)16-10-9-13(17)19-11-12-7-5-4-6-8-12;1-12(2,3)19-10(17)14(8-7-9(15)16)11(18)20-13(4,5)6;1-8(2,3)13-7(12)9-5-4-6(10)11/h7-11H,12-14H2,1-6H3;4-8H,9-11H2,1-3H3,(H,16,18);7-8H2,1-6H3,(H,15,16);4-5H2,1-3H3,(H,9,12)(H,10,11).